The summed E-state index contributed by atoms with van der Waals surface area (Å²) in [6.45, 7) is 17.3. The first-order valence-corrected chi connectivity index (χ1v) is 13.5. The Morgan fingerprint density at radius 3 is 2.28 bits per heavy atom. The lowest BCUT2D eigenvalue weighted by atomic mass is 10.0. The molecule has 0 radical (unpaired) electrons. The molecule has 204 valence electrons. The van der Waals surface area contributed by atoms with Gasteiger partial charge in [0.2, 0.25) is 0 Å². The van der Waals surface area contributed by atoms with Crippen LogP contribution >= 0.6 is 0 Å². The molecule has 5 nitrogen and oxygen atoms in total. The number of nitrogens with zero attached hydrogens (tertiary/aromatic N) is 3. The summed E-state index contributed by atoms with van der Waals surface area (Å²) in [5.41, 5.74) is 9.81. The van der Waals surface area contributed by atoms with Gasteiger partial charge in [-0.1, -0.05) is 68.1 Å². The molecule has 39 heavy (non-hydrogen) atoms. The summed E-state index contributed by atoms with van der Waals surface area (Å²) in [6.07, 6.45) is 5.77. The number of carbonyl (C=O) groups excluding carboxylic acids is 1. The van der Waals surface area contributed by atoms with E-state index >= 15 is 0 Å². The first kappa shape index (κ1) is 29.5. The number of hydrogen-bond acceptors (Lipinski definition) is 5. The molecule has 1 heterocycles. The predicted molar refractivity (Wildman–Crippen MR) is 168 cm³/mol. The number of benzene rings is 3. The normalized spacial score (nSPS) is 13.0. The van der Waals surface area contributed by atoms with Crippen LogP contribution in [0.3, 0.4) is 0 Å². The average Bonchev–Trinajstić information content (AvgIpc) is 3.25. The van der Waals surface area contributed by atoms with Gasteiger partial charge in [-0.05, 0) is 74.3 Å². The Labute approximate surface area is 234 Å². The largest absolute Gasteiger partial charge is 0.375 e. The Bertz CT molecular complexity index is 1290. The zero-order chi connectivity index (χ0) is 28.4. The van der Waals surface area contributed by atoms with Gasteiger partial charge in [0.15, 0.2) is 0 Å². The van der Waals surface area contributed by atoms with E-state index in [1.54, 1.807) is 0 Å². The van der Waals surface area contributed by atoms with Crippen LogP contribution in [0.15, 0.2) is 92.2 Å². The summed E-state index contributed by atoms with van der Waals surface area (Å²) in [4.78, 5) is 13.5. The van der Waals surface area contributed by atoms with Crippen LogP contribution in [0.2, 0.25) is 0 Å². The molecule has 0 aliphatic carbocycles. The summed E-state index contributed by atoms with van der Waals surface area (Å²) < 4.78 is 0. The maximum Gasteiger partial charge on any atom is 0.150 e. The second kappa shape index (κ2) is 14.2. The number of allylic oxidation sites excluding steroid dienone is 1. The molecule has 5 heteroatoms. The van der Waals surface area contributed by atoms with Crippen molar-refractivity contribution in [1.82, 2.24) is 10.3 Å². The lowest BCUT2D eigenvalue weighted by molar-refractivity contribution is 0.112. The van der Waals surface area contributed by atoms with Gasteiger partial charge in [-0.3, -0.25) is 14.8 Å². The predicted octanol–water partition coefficient (Wildman–Crippen LogP) is 7.31. The molecule has 0 unspecified atom stereocenters. The van der Waals surface area contributed by atoms with E-state index in [0.29, 0.717) is 12.1 Å². The number of hydrazine groups is 1. The van der Waals surface area contributed by atoms with Gasteiger partial charge in [-0.2, -0.15) is 0 Å². The number of hydrogen-bond donors (Lipinski definition) is 1. The number of aldehydes is 1. The van der Waals surface area contributed by atoms with Crippen molar-refractivity contribution in [2.75, 3.05) is 37.1 Å². The molecule has 0 saturated carbocycles. The van der Waals surface area contributed by atoms with Gasteiger partial charge >= 0.3 is 0 Å². The number of aryl methyl sites for hydroxylation is 1. The van der Waals surface area contributed by atoms with Crippen molar-refractivity contribution in [1.29, 1.82) is 0 Å². The summed E-state index contributed by atoms with van der Waals surface area (Å²) in [6, 6.07) is 22.8. The fraction of sp³-hybridized carbons (Fsp3) is 0.265. The van der Waals surface area contributed by atoms with E-state index in [2.05, 4.69) is 111 Å². The Kier molecular flexibility index (Phi) is 10.7. The number of nitrogens with one attached hydrogen (secondary N) is 1. The van der Waals surface area contributed by atoms with Crippen LogP contribution in [0.5, 0.6) is 0 Å². The molecule has 1 N–H and O–H groups in total. The first-order chi connectivity index (χ1) is 18.9. The number of carbonyl (C=O) groups is 1. The molecule has 3 aromatic carbocycles. The highest BCUT2D eigenvalue weighted by Crippen LogP contribution is 2.41. The molecule has 1 aliphatic heterocycles. The van der Waals surface area contributed by atoms with Crippen molar-refractivity contribution in [3.63, 3.8) is 0 Å². The average molecular weight is 523 g/mol. The smallest absolute Gasteiger partial charge is 0.150 e. The molecule has 0 fully saturated rings. The van der Waals surface area contributed by atoms with Crippen molar-refractivity contribution < 1.29 is 4.79 Å². The molecule has 1 aliphatic rings. The Balaban J connectivity index is 0.000000353. The molecular formula is C34H42N4O. The van der Waals surface area contributed by atoms with Crippen LogP contribution in [-0.2, 0) is 6.54 Å². The van der Waals surface area contributed by atoms with Gasteiger partial charge in [0, 0.05) is 43.2 Å². The van der Waals surface area contributed by atoms with E-state index in [9.17, 15) is 4.79 Å². The monoisotopic (exact) mass is 522 g/mol. The van der Waals surface area contributed by atoms with Crippen LogP contribution in [0.1, 0.15) is 52.9 Å². The molecule has 0 saturated heterocycles. The van der Waals surface area contributed by atoms with Crippen LogP contribution in [0.4, 0.5) is 11.4 Å². The van der Waals surface area contributed by atoms with Gasteiger partial charge in [-0.25, -0.2) is 0 Å². The second-order valence-electron chi connectivity index (χ2n) is 9.66. The summed E-state index contributed by atoms with van der Waals surface area (Å²) in [7, 11) is 4.04. The van der Waals surface area contributed by atoms with Gasteiger partial charge in [0.05, 0.1) is 17.9 Å². The van der Waals surface area contributed by atoms with Crippen molar-refractivity contribution in [2.24, 2.45) is 0 Å². The number of fused-ring (bicyclic) bond motifs is 1. The van der Waals surface area contributed by atoms with E-state index < -0.39 is 0 Å². The highest BCUT2D eigenvalue weighted by Gasteiger charge is 2.30. The quantitative estimate of drug-likeness (QED) is 0.283. The van der Waals surface area contributed by atoms with Gasteiger partial charge in [0.25, 0.3) is 0 Å². The summed E-state index contributed by atoms with van der Waals surface area (Å²) >= 11 is 0. The third kappa shape index (κ3) is 7.27. The van der Waals surface area contributed by atoms with Crippen molar-refractivity contribution in [2.45, 2.75) is 33.7 Å². The van der Waals surface area contributed by atoms with Gasteiger partial charge in [0.1, 0.15) is 6.29 Å². The highest BCUT2D eigenvalue weighted by molar-refractivity contribution is 5.88. The molecule has 0 bridgehead atoms. The van der Waals surface area contributed by atoms with Gasteiger partial charge in [-0.15, -0.1) is 0 Å². The number of rotatable bonds is 10. The molecule has 0 spiro atoms. The van der Waals surface area contributed by atoms with Crippen LogP contribution < -0.4 is 15.2 Å². The molecule has 4 rings (SSSR count). The van der Waals surface area contributed by atoms with Crippen LogP contribution in [0, 0.1) is 6.92 Å². The summed E-state index contributed by atoms with van der Waals surface area (Å²) in [5.74, 6) is 0. The van der Waals surface area contributed by atoms with Crippen molar-refractivity contribution in [3.05, 3.63) is 120 Å². The second-order valence-corrected chi connectivity index (χ2v) is 9.66. The van der Waals surface area contributed by atoms with Crippen LogP contribution in [-0.4, -0.2) is 38.5 Å². The van der Waals surface area contributed by atoms with Crippen molar-refractivity contribution >= 4 is 28.9 Å². The maximum atomic E-state index is 11.3. The molecule has 3 aromatic rings. The lowest BCUT2D eigenvalue weighted by Crippen LogP contribution is -2.33. The Morgan fingerprint density at radius 2 is 1.72 bits per heavy atom. The minimum Gasteiger partial charge on any atom is -0.375 e. The maximum absolute atomic E-state index is 11.3. The molecule has 0 atom stereocenters. The van der Waals surface area contributed by atoms with E-state index in [1.807, 2.05) is 36.5 Å². The van der Waals surface area contributed by atoms with E-state index in [4.69, 9.17) is 0 Å². The topological polar surface area (TPSA) is 38.8 Å². The molecular weight excluding hydrogens is 480 g/mol. The zero-order valence-electron chi connectivity index (χ0n) is 24.1. The molecule has 0 aromatic heterocycles. The first-order valence-electron chi connectivity index (χ1n) is 13.5. The summed E-state index contributed by atoms with van der Waals surface area (Å²) in [5, 5.41) is 7.31. The third-order valence-corrected chi connectivity index (χ3v) is 6.82. The zero-order valence-corrected chi connectivity index (χ0v) is 24.1. The van der Waals surface area contributed by atoms with E-state index in [-0.39, 0.29) is 0 Å². The fourth-order valence-corrected chi connectivity index (χ4v) is 4.50. The minimum atomic E-state index is 0.631. The Morgan fingerprint density at radius 1 is 1.03 bits per heavy atom. The van der Waals surface area contributed by atoms with E-state index in [1.165, 1.54) is 16.8 Å². The van der Waals surface area contributed by atoms with Gasteiger partial charge < -0.3 is 10.2 Å². The van der Waals surface area contributed by atoms with Crippen molar-refractivity contribution in [3.8, 4) is 0 Å². The Hall–Kier alpha value is -4.09. The minimum absolute atomic E-state index is 0.631. The third-order valence-electron chi connectivity index (χ3n) is 6.82. The molecule has 0 amide bonds. The lowest BCUT2D eigenvalue weighted by Gasteiger charge is -2.30. The fourth-order valence-electron chi connectivity index (χ4n) is 4.50. The number of anilines is 2. The van der Waals surface area contributed by atoms with Crippen LogP contribution in [0.25, 0.3) is 11.3 Å². The standard InChI is InChI=1S/C25H29N3O.C9H13N/c1-6-9-24-23-16-20(18-29)10-15-25(23)27(8-3)28(24)17-19(4)21-11-13-22(14-12-21)26(5)7-2;1-8-3-5-9(6-4-8)7-10-2/h8-16,18H,3-4,6-7,17H2,1-2,5H3;3-6,10H,7H2,1-2H3. The highest BCUT2D eigenvalue weighted by atomic mass is 16.1. The van der Waals surface area contributed by atoms with E-state index in [0.717, 1.165) is 53.9 Å². The SMILES string of the molecule is C=CN1c2ccc(C=O)cc2C(=CCC)N1CC(=C)c1ccc(N(C)CC)cc1.CNCc1ccc(C)cc1.